The quantitative estimate of drug-likeness (QED) is 0.749. The van der Waals surface area contributed by atoms with Gasteiger partial charge in [-0.2, -0.15) is 0 Å². The van der Waals surface area contributed by atoms with Crippen LogP contribution < -0.4 is 9.47 Å². The fraction of sp³-hybridized carbons (Fsp3) is 0.556. The SMILES string of the molecule is CCN(CC)C(=O)C[C@]1(C(=O)OC)Sc2cc(OC)ccc2OC[C@@H]1O. The van der Waals surface area contributed by atoms with Crippen molar-refractivity contribution in [2.24, 2.45) is 0 Å². The third kappa shape index (κ3) is 3.91. The van der Waals surface area contributed by atoms with Crippen LogP contribution in [0.2, 0.25) is 0 Å². The zero-order valence-electron chi connectivity index (χ0n) is 15.5. The third-order valence-corrected chi connectivity index (χ3v) is 5.93. The molecule has 1 aromatic carbocycles. The molecule has 0 aromatic heterocycles. The van der Waals surface area contributed by atoms with Gasteiger partial charge in [-0.1, -0.05) is 11.8 Å². The minimum Gasteiger partial charge on any atom is -0.497 e. The van der Waals surface area contributed by atoms with Crippen molar-refractivity contribution in [1.82, 2.24) is 4.90 Å². The highest BCUT2D eigenvalue weighted by atomic mass is 32.2. The largest absolute Gasteiger partial charge is 0.497 e. The van der Waals surface area contributed by atoms with Crippen LogP contribution in [-0.4, -0.2) is 66.6 Å². The summed E-state index contributed by atoms with van der Waals surface area (Å²) in [7, 11) is 2.79. The fourth-order valence-electron chi connectivity index (χ4n) is 2.87. The van der Waals surface area contributed by atoms with Gasteiger partial charge in [0.1, 0.15) is 24.2 Å². The predicted octanol–water partition coefficient (Wildman–Crippen LogP) is 1.71. The minimum absolute atomic E-state index is 0.118. The lowest BCUT2D eigenvalue weighted by Gasteiger charge is -2.33. The van der Waals surface area contributed by atoms with Crippen LogP contribution in [0.15, 0.2) is 23.1 Å². The third-order valence-electron chi connectivity index (χ3n) is 4.44. The normalized spacial score (nSPS) is 21.8. The number of ether oxygens (including phenoxy) is 3. The van der Waals surface area contributed by atoms with E-state index in [1.54, 1.807) is 23.1 Å². The van der Waals surface area contributed by atoms with E-state index in [0.717, 1.165) is 11.8 Å². The first-order chi connectivity index (χ1) is 12.4. The molecule has 2 atom stereocenters. The second-order valence-electron chi connectivity index (χ2n) is 5.87. The van der Waals surface area contributed by atoms with Crippen LogP contribution in [0.25, 0.3) is 0 Å². The average molecular weight is 383 g/mol. The molecule has 8 heteroatoms. The Kier molecular flexibility index (Phi) is 6.77. The number of thioether (sulfide) groups is 1. The van der Waals surface area contributed by atoms with Gasteiger partial charge < -0.3 is 24.2 Å². The van der Waals surface area contributed by atoms with Crippen molar-refractivity contribution in [3.8, 4) is 11.5 Å². The molecule has 1 N–H and O–H groups in total. The maximum atomic E-state index is 12.7. The van der Waals surface area contributed by atoms with Crippen molar-refractivity contribution in [3.05, 3.63) is 18.2 Å². The van der Waals surface area contributed by atoms with Gasteiger partial charge in [0.2, 0.25) is 5.91 Å². The first-order valence-corrected chi connectivity index (χ1v) is 9.27. The van der Waals surface area contributed by atoms with E-state index in [2.05, 4.69) is 0 Å². The number of carbonyl (C=O) groups is 2. The van der Waals surface area contributed by atoms with Crippen LogP contribution in [0.3, 0.4) is 0 Å². The van der Waals surface area contributed by atoms with Crippen molar-refractivity contribution in [2.45, 2.75) is 36.0 Å². The standard InChI is InChI=1S/C18H25NO6S/c1-5-19(6-2)16(21)10-18(17(22)24-4)15(20)11-25-13-8-7-12(23-3)9-14(13)26-18/h7-9,15,20H,5-6,10-11H2,1-4H3/t15-,18-/m0/s1. The summed E-state index contributed by atoms with van der Waals surface area (Å²) in [5.41, 5.74) is 0. The predicted molar refractivity (Wildman–Crippen MR) is 97.6 cm³/mol. The maximum absolute atomic E-state index is 12.7. The molecule has 2 rings (SSSR count). The summed E-state index contributed by atoms with van der Waals surface area (Å²) in [5.74, 6) is 0.231. The Labute approximate surface area is 157 Å². The van der Waals surface area contributed by atoms with E-state index in [0.29, 0.717) is 29.5 Å². The Morgan fingerprint density at radius 3 is 2.62 bits per heavy atom. The summed E-state index contributed by atoms with van der Waals surface area (Å²) in [6, 6.07) is 5.17. The van der Waals surface area contributed by atoms with E-state index in [4.69, 9.17) is 14.2 Å². The summed E-state index contributed by atoms with van der Waals surface area (Å²) in [6.45, 7) is 4.66. The fourth-order valence-corrected chi connectivity index (χ4v) is 4.23. The summed E-state index contributed by atoms with van der Waals surface area (Å²) in [6.07, 6.45) is -1.40. The Balaban J connectivity index is 2.47. The Morgan fingerprint density at radius 1 is 1.35 bits per heavy atom. The van der Waals surface area contributed by atoms with Crippen molar-refractivity contribution in [1.29, 1.82) is 0 Å². The highest BCUT2D eigenvalue weighted by molar-refractivity contribution is 8.01. The highest BCUT2D eigenvalue weighted by Crippen LogP contribution is 2.47. The molecule has 7 nitrogen and oxygen atoms in total. The molecule has 0 saturated carbocycles. The van der Waals surface area contributed by atoms with E-state index >= 15 is 0 Å². The van der Waals surface area contributed by atoms with Crippen molar-refractivity contribution in [2.75, 3.05) is 33.9 Å². The molecule has 1 aliphatic rings. The number of benzene rings is 1. The molecule has 1 heterocycles. The molecule has 0 fully saturated rings. The highest BCUT2D eigenvalue weighted by Gasteiger charge is 2.51. The molecule has 1 aromatic rings. The van der Waals surface area contributed by atoms with Crippen LogP contribution in [0, 0.1) is 0 Å². The Bertz CT molecular complexity index is 663. The Hall–Kier alpha value is -1.93. The number of rotatable bonds is 6. The van der Waals surface area contributed by atoms with Gasteiger partial charge in [0.05, 0.1) is 25.5 Å². The molecular formula is C18H25NO6S. The molecule has 0 spiro atoms. The lowest BCUT2D eigenvalue weighted by molar-refractivity contribution is -0.151. The topological polar surface area (TPSA) is 85.3 Å². The number of fused-ring (bicyclic) bond motifs is 1. The van der Waals surface area contributed by atoms with Crippen LogP contribution in [-0.2, 0) is 14.3 Å². The number of aliphatic hydroxyl groups excluding tert-OH is 1. The summed E-state index contributed by atoms with van der Waals surface area (Å²) < 4.78 is 14.3. The molecule has 0 radical (unpaired) electrons. The molecule has 1 amide bonds. The molecule has 0 aliphatic carbocycles. The van der Waals surface area contributed by atoms with Gasteiger partial charge in [0.25, 0.3) is 0 Å². The van der Waals surface area contributed by atoms with E-state index < -0.39 is 16.8 Å². The van der Waals surface area contributed by atoms with Crippen LogP contribution in [0.4, 0.5) is 0 Å². The van der Waals surface area contributed by atoms with Gasteiger partial charge in [-0.25, -0.2) is 0 Å². The maximum Gasteiger partial charge on any atom is 0.325 e. The van der Waals surface area contributed by atoms with Gasteiger partial charge in [0, 0.05) is 13.1 Å². The molecular weight excluding hydrogens is 358 g/mol. The first-order valence-electron chi connectivity index (χ1n) is 8.45. The Morgan fingerprint density at radius 2 is 2.04 bits per heavy atom. The lowest BCUT2D eigenvalue weighted by atomic mass is 9.96. The van der Waals surface area contributed by atoms with Crippen molar-refractivity contribution < 1.29 is 28.9 Å². The van der Waals surface area contributed by atoms with Gasteiger partial charge in [-0.15, -0.1) is 0 Å². The molecule has 0 bridgehead atoms. The lowest BCUT2D eigenvalue weighted by Crippen LogP contribution is -2.52. The number of amides is 1. The zero-order valence-corrected chi connectivity index (χ0v) is 16.3. The minimum atomic E-state index is -1.49. The molecule has 144 valence electrons. The van der Waals surface area contributed by atoms with Gasteiger partial charge in [-0.3, -0.25) is 9.59 Å². The van der Waals surface area contributed by atoms with Crippen molar-refractivity contribution in [3.63, 3.8) is 0 Å². The van der Waals surface area contributed by atoms with Crippen LogP contribution in [0.5, 0.6) is 11.5 Å². The molecule has 26 heavy (non-hydrogen) atoms. The summed E-state index contributed by atoms with van der Waals surface area (Å²) >= 11 is 1.09. The summed E-state index contributed by atoms with van der Waals surface area (Å²) in [4.78, 5) is 27.6. The van der Waals surface area contributed by atoms with Gasteiger partial charge in [0.15, 0.2) is 4.75 Å². The number of aliphatic hydroxyl groups is 1. The number of hydrogen-bond donors (Lipinski definition) is 1. The van der Waals surface area contributed by atoms with Gasteiger partial charge in [-0.05, 0) is 32.0 Å². The van der Waals surface area contributed by atoms with E-state index in [9.17, 15) is 14.7 Å². The monoisotopic (exact) mass is 383 g/mol. The van der Waals surface area contributed by atoms with Crippen molar-refractivity contribution >= 4 is 23.6 Å². The number of esters is 1. The number of methoxy groups -OCH3 is 2. The van der Waals surface area contributed by atoms with E-state index in [1.165, 1.54) is 14.2 Å². The zero-order chi connectivity index (χ0) is 19.3. The van der Waals surface area contributed by atoms with Crippen LogP contribution >= 0.6 is 11.8 Å². The number of carbonyl (C=O) groups excluding carboxylic acids is 2. The van der Waals surface area contributed by atoms with Crippen LogP contribution in [0.1, 0.15) is 20.3 Å². The van der Waals surface area contributed by atoms with Gasteiger partial charge >= 0.3 is 5.97 Å². The number of nitrogens with zero attached hydrogens (tertiary/aromatic N) is 1. The molecule has 0 saturated heterocycles. The molecule has 0 unspecified atom stereocenters. The average Bonchev–Trinajstić information content (AvgIpc) is 2.79. The van der Waals surface area contributed by atoms with E-state index in [1.807, 2.05) is 13.8 Å². The second-order valence-corrected chi connectivity index (χ2v) is 7.24. The second kappa shape index (κ2) is 8.64. The van der Waals surface area contributed by atoms with E-state index in [-0.39, 0.29) is 18.9 Å². The summed E-state index contributed by atoms with van der Waals surface area (Å²) in [5, 5.41) is 10.7. The molecule has 1 aliphatic heterocycles. The number of hydrogen-bond acceptors (Lipinski definition) is 7. The first kappa shape index (κ1) is 20.4. The smallest absolute Gasteiger partial charge is 0.325 e.